The molecule has 0 saturated carbocycles. The van der Waals surface area contributed by atoms with E-state index in [1.54, 1.807) is 0 Å². The second-order valence-corrected chi connectivity index (χ2v) is 13.3. The summed E-state index contributed by atoms with van der Waals surface area (Å²) in [6, 6.07) is 0.216. The molecule has 0 bridgehead atoms. The van der Waals surface area contributed by atoms with Gasteiger partial charge in [0.1, 0.15) is 0 Å². The van der Waals surface area contributed by atoms with Gasteiger partial charge < -0.3 is 10.6 Å². The summed E-state index contributed by atoms with van der Waals surface area (Å²) in [5.41, 5.74) is 0. The zero-order chi connectivity index (χ0) is 32.2. The number of carbonyl (C=O) groups excluding carboxylic acids is 2. The molecule has 1 atom stereocenters. The van der Waals surface area contributed by atoms with Crippen molar-refractivity contribution in [2.45, 2.75) is 213 Å². The van der Waals surface area contributed by atoms with Gasteiger partial charge in [-0.3, -0.25) is 9.59 Å². The highest BCUT2D eigenvalue weighted by molar-refractivity contribution is 5.76. The van der Waals surface area contributed by atoms with Crippen LogP contribution in [0.1, 0.15) is 207 Å². The Morgan fingerprint density at radius 1 is 0.500 bits per heavy atom. The Labute approximate surface area is 275 Å². The molecule has 0 radical (unpaired) electrons. The molecule has 0 unspecified atom stereocenters. The van der Waals surface area contributed by atoms with Gasteiger partial charge in [0.25, 0.3) is 0 Å². The van der Waals surface area contributed by atoms with E-state index in [1.165, 1.54) is 128 Å². The van der Waals surface area contributed by atoms with Gasteiger partial charge in [-0.05, 0) is 71.1 Å². The minimum absolute atomic E-state index is 0.190. The normalized spacial score (nSPS) is 12.3. The molecule has 0 heterocycles. The first kappa shape index (κ1) is 42.4. The van der Waals surface area contributed by atoms with Gasteiger partial charge in [0.2, 0.25) is 11.8 Å². The minimum Gasteiger partial charge on any atom is -0.356 e. The molecule has 0 rings (SSSR count). The van der Waals surface area contributed by atoms with E-state index in [-0.39, 0.29) is 17.9 Å². The van der Waals surface area contributed by atoms with E-state index in [9.17, 15) is 9.59 Å². The van der Waals surface area contributed by atoms with E-state index in [1.807, 2.05) is 0 Å². The molecule has 258 valence electrons. The predicted molar refractivity (Wildman–Crippen MR) is 194 cm³/mol. The average molecular weight is 617 g/mol. The Morgan fingerprint density at radius 3 is 1.48 bits per heavy atom. The van der Waals surface area contributed by atoms with E-state index >= 15 is 0 Å². The Morgan fingerprint density at radius 2 is 0.932 bits per heavy atom. The fraction of sp³-hybridized carbons (Fsp3) is 0.850. The van der Waals surface area contributed by atoms with Crippen LogP contribution in [0.5, 0.6) is 0 Å². The summed E-state index contributed by atoms with van der Waals surface area (Å²) in [5.74, 6) is 0.390. The number of carbonyl (C=O) groups is 2. The molecule has 0 aliphatic carbocycles. The maximum Gasteiger partial charge on any atom is 0.220 e. The first-order chi connectivity index (χ1) is 21.6. The molecule has 0 spiro atoms. The third kappa shape index (κ3) is 34.9. The van der Waals surface area contributed by atoms with Crippen LogP contribution in [0, 0.1) is 0 Å². The van der Waals surface area contributed by atoms with Gasteiger partial charge in [0.15, 0.2) is 0 Å². The summed E-state index contributed by atoms with van der Waals surface area (Å²) in [5, 5.41) is 6.24. The van der Waals surface area contributed by atoms with Gasteiger partial charge in [0, 0.05) is 25.4 Å². The molecule has 0 fully saturated rings. The standard InChI is InChI=1S/C40H76N2O2/c1-4-6-8-10-12-14-16-18-19-21-22-24-26-28-30-35-39(43)41-37-33-32-34-38(3)42-40(44)36-31-29-27-25-23-20-17-15-13-11-9-7-5-2/h12,14,18-19,38H,4-11,13,15-17,20-37H2,1-3H3,(H,41,43)(H,42,44)/b14-12-,19-18-/t38-/m1/s1. The van der Waals surface area contributed by atoms with Crippen molar-refractivity contribution < 1.29 is 9.59 Å². The second kappa shape index (κ2) is 35.9. The van der Waals surface area contributed by atoms with Crippen molar-refractivity contribution >= 4 is 11.8 Å². The maximum atomic E-state index is 12.2. The van der Waals surface area contributed by atoms with E-state index < -0.39 is 0 Å². The molecule has 2 N–H and O–H groups in total. The minimum atomic E-state index is 0.190. The number of allylic oxidation sites excluding steroid dienone is 4. The fourth-order valence-electron chi connectivity index (χ4n) is 5.71. The van der Waals surface area contributed by atoms with Crippen molar-refractivity contribution in [3.63, 3.8) is 0 Å². The largest absolute Gasteiger partial charge is 0.356 e. The van der Waals surface area contributed by atoms with Gasteiger partial charge in [0.05, 0.1) is 0 Å². The quantitative estimate of drug-likeness (QED) is 0.0558. The number of nitrogens with one attached hydrogen (secondary N) is 2. The summed E-state index contributed by atoms with van der Waals surface area (Å²) < 4.78 is 0. The lowest BCUT2D eigenvalue weighted by Gasteiger charge is -2.14. The van der Waals surface area contributed by atoms with Gasteiger partial charge in [-0.25, -0.2) is 0 Å². The highest BCUT2D eigenvalue weighted by Gasteiger charge is 2.07. The molecule has 0 aliphatic rings. The second-order valence-electron chi connectivity index (χ2n) is 13.3. The third-order valence-electron chi connectivity index (χ3n) is 8.66. The van der Waals surface area contributed by atoms with E-state index in [0.717, 1.165) is 51.5 Å². The van der Waals surface area contributed by atoms with Crippen LogP contribution in [0.25, 0.3) is 0 Å². The average Bonchev–Trinajstić information content (AvgIpc) is 3.01. The van der Waals surface area contributed by atoms with Crippen LogP contribution < -0.4 is 10.6 Å². The molecule has 0 aromatic carbocycles. The SMILES string of the molecule is CCCCC/C=C\C/C=C\CCCCCCCC(=O)NCCCC[C@@H](C)NC(=O)CCCCCCCCCCCCCCC. The molecule has 0 aliphatic heterocycles. The molecule has 0 aromatic rings. The smallest absolute Gasteiger partial charge is 0.220 e. The van der Waals surface area contributed by atoms with Crippen LogP contribution in [0.3, 0.4) is 0 Å². The highest BCUT2D eigenvalue weighted by Crippen LogP contribution is 2.13. The molecule has 44 heavy (non-hydrogen) atoms. The molecule has 2 amide bonds. The Kier molecular flexibility index (Phi) is 34.6. The van der Waals surface area contributed by atoms with Crippen LogP contribution >= 0.6 is 0 Å². The lowest BCUT2D eigenvalue weighted by Crippen LogP contribution is -2.32. The van der Waals surface area contributed by atoms with Crippen molar-refractivity contribution in [3.05, 3.63) is 24.3 Å². The van der Waals surface area contributed by atoms with Gasteiger partial charge in [-0.15, -0.1) is 0 Å². The van der Waals surface area contributed by atoms with Crippen molar-refractivity contribution in [2.24, 2.45) is 0 Å². The zero-order valence-electron chi connectivity index (χ0n) is 29.9. The molecular formula is C40H76N2O2. The van der Waals surface area contributed by atoms with Crippen LogP contribution in [0.4, 0.5) is 0 Å². The van der Waals surface area contributed by atoms with E-state index in [4.69, 9.17) is 0 Å². The van der Waals surface area contributed by atoms with E-state index in [0.29, 0.717) is 12.8 Å². The first-order valence-electron chi connectivity index (χ1n) is 19.5. The summed E-state index contributed by atoms with van der Waals surface area (Å²) in [7, 11) is 0. The Hall–Kier alpha value is -1.58. The van der Waals surface area contributed by atoms with Crippen molar-refractivity contribution in [1.82, 2.24) is 10.6 Å². The Bertz CT molecular complexity index is 672. The molecule has 4 nitrogen and oxygen atoms in total. The fourth-order valence-corrected chi connectivity index (χ4v) is 5.71. The van der Waals surface area contributed by atoms with E-state index in [2.05, 4.69) is 55.7 Å². The lowest BCUT2D eigenvalue weighted by molar-refractivity contribution is -0.122. The van der Waals surface area contributed by atoms with Crippen LogP contribution in [-0.2, 0) is 9.59 Å². The van der Waals surface area contributed by atoms with Gasteiger partial charge in [-0.1, -0.05) is 147 Å². The highest BCUT2D eigenvalue weighted by atomic mass is 16.2. The first-order valence-corrected chi connectivity index (χ1v) is 19.5. The van der Waals surface area contributed by atoms with Crippen molar-refractivity contribution in [2.75, 3.05) is 6.54 Å². The van der Waals surface area contributed by atoms with Crippen molar-refractivity contribution in [3.8, 4) is 0 Å². The third-order valence-corrected chi connectivity index (χ3v) is 8.66. The van der Waals surface area contributed by atoms with Crippen LogP contribution in [-0.4, -0.2) is 24.4 Å². The summed E-state index contributed by atoms with van der Waals surface area (Å²) in [6.07, 6.45) is 44.1. The van der Waals surface area contributed by atoms with Gasteiger partial charge in [-0.2, -0.15) is 0 Å². The number of hydrogen-bond acceptors (Lipinski definition) is 2. The molecule has 0 aromatic heterocycles. The van der Waals surface area contributed by atoms with Crippen LogP contribution in [0.15, 0.2) is 24.3 Å². The predicted octanol–water partition coefficient (Wildman–Crippen LogP) is 12.1. The van der Waals surface area contributed by atoms with Gasteiger partial charge >= 0.3 is 0 Å². The number of amides is 2. The molecule has 0 saturated heterocycles. The number of rotatable bonds is 34. The monoisotopic (exact) mass is 617 g/mol. The lowest BCUT2D eigenvalue weighted by atomic mass is 10.0. The van der Waals surface area contributed by atoms with Crippen LogP contribution in [0.2, 0.25) is 0 Å². The number of unbranched alkanes of at least 4 members (excludes halogenated alkanes) is 21. The van der Waals surface area contributed by atoms with Crippen molar-refractivity contribution in [1.29, 1.82) is 0 Å². The molecular weight excluding hydrogens is 540 g/mol. The maximum absolute atomic E-state index is 12.2. The topological polar surface area (TPSA) is 58.2 Å². The summed E-state index contributed by atoms with van der Waals surface area (Å²) in [4.78, 5) is 24.3. The summed E-state index contributed by atoms with van der Waals surface area (Å²) >= 11 is 0. The molecule has 4 heteroatoms. The summed E-state index contributed by atoms with van der Waals surface area (Å²) in [6.45, 7) is 7.38. The number of hydrogen-bond donors (Lipinski definition) is 2. The zero-order valence-corrected chi connectivity index (χ0v) is 29.9. The Balaban J connectivity index is 3.43.